The lowest BCUT2D eigenvalue weighted by atomic mass is 10.2. The highest BCUT2D eigenvalue weighted by atomic mass is 16.2. The summed E-state index contributed by atoms with van der Waals surface area (Å²) in [6.45, 7) is 12.9. The molecule has 5 heteroatoms. The monoisotopic (exact) mass is 290 g/mol. The van der Waals surface area contributed by atoms with Gasteiger partial charge in [0.15, 0.2) is 0 Å². The molecule has 116 valence electrons. The molecule has 1 aromatic heterocycles. The Morgan fingerprint density at radius 3 is 2.43 bits per heavy atom. The molecule has 0 radical (unpaired) electrons. The van der Waals surface area contributed by atoms with Crippen LogP contribution in [0, 0.1) is 0 Å². The van der Waals surface area contributed by atoms with Gasteiger partial charge in [0.05, 0.1) is 0 Å². The van der Waals surface area contributed by atoms with Crippen LogP contribution in [0.1, 0.15) is 31.3 Å². The molecule has 1 fully saturated rings. The molecule has 5 nitrogen and oxygen atoms in total. The van der Waals surface area contributed by atoms with Crippen molar-refractivity contribution in [3.05, 3.63) is 24.0 Å². The fourth-order valence-corrected chi connectivity index (χ4v) is 2.73. The molecule has 0 saturated carbocycles. The van der Waals surface area contributed by atoms with Crippen molar-refractivity contribution in [2.24, 2.45) is 0 Å². The Hall–Kier alpha value is -1.62. The SMILES string of the molecule is CCN1CCN(c2ccnc(C(=O)N(CC)CC)c2)CC1. The second-order valence-corrected chi connectivity index (χ2v) is 5.30. The van der Waals surface area contributed by atoms with Crippen molar-refractivity contribution in [1.29, 1.82) is 0 Å². The Labute approximate surface area is 127 Å². The number of piperazine rings is 1. The first-order chi connectivity index (χ1) is 10.2. The smallest absolute Gasteiger partial charge is 0.272 e. The third kappa shape index (κ3) is 3.73. The molecule has 1 aromatic rings. The number of hydrogen-bond acceptors (Lipinski definition) is 4. The van der Waals surface area contributed by atoms with Crippen LogP contribution in [0.25, 0.3) is 0 Å². The van der Waals surface area contributed by atoms with Crippen LogP contribution in [0.3, 0.4) is 0 Å². The summed E-state index contributed by atoms with van der Waals surface area (Å²) in [4.78, 5) is 23.2. The third-order valence-corrected chi connectivity index (χ3v) is 4.20. The summed E-state index contributed by atoms with van der Waals surface area (Å²) in [6, 6.07) is 3.93. The van der Waals surface area contributed by atoms with Gasteiger partial charge >= 0.3 is 0 Å². The Bertz CT molecular complexity index is 465. The first-order valence-electron chi connectivity index (χ1n) is 7.92. The van der Waals surface area contributed by atoms with Crippen molar-refractivity contribution in [2.75, 3.05) is 50.7 Å². The molecule has 0 N–H and O–H groups in total. The van der Waals surface area contributed by atoms with Gasteiger partial charge in [-0.1, -0.05) is 6.92 Å². The lowest BCUT2D eigenvalue weighted by Crippen LogP contribution is -2.46. The second kappa shape index (κ2) is 7.41. The maximum absolute atomic E-state index is 12.4. The van der Waals surface area contributed by atoms with Crippen molar-refractivity contribution in [1.82, 2.24) is 14.8 Å². The van der Waals surface area contributed by atoms with Gasteiger partial charge in [0.2, 0.25) is 0 Å². The van der Waals surface area contributed by atoms with Gasteiger partial charge in [0, 0.05) is 51.2 Å². The first kappa shape index (κ1) is 15.8. The van der Waals surface area contributed by atoms with Crippen molar-refractivity contribution < 1.29 is 4.79 Å². The molecule has 21 heavy (non-hydrogen) atoms. The van der Waals surface area contributed by atoms with Crippen LogP contribution in [0.5, 0.6) is 0 Å². The minimum absolute atomic E-state index is 0.0223. The van der Waals surface area contributed by atoms with E-state index in [0.29, 0.717) is 5.69 Å². The number of rotatable bonds is 5. The summed E-state index contributed by atoms with van der Waals surface area (Å²) in [5.74, 6) is 0.0223. The average molecular weight is 290 g/mol. The van der Waals surface area contributed by atoms with Gasteiger partial charge in [-0.2, -0.15) is 0 Å². The van der Waals surface area contributed by atoms with E-state index >= 15 is 0 Å². The normalized spacial score (nSPS) is 16.0. The molecule has 0 aliphatic carbocycles. The zero-order valence-corrected chi connectivity index (χ0v) is 13.4. The van der Waals surface area contributed by atoms with E-state index in [2.05, 4.69) is 21.7 Å². The van der Waals surface area contributed by atoms with Crippen LogP contribution in [0.4, 0.5) is 5.69 Å². The van der Waals surface area contributed by atoms with E-state index in [4.69, 9.17) is 0 Å². The third-order valence-electron chi connectivity index (χ3n) is 4.20. The lowest BCUT2D eigenvalue weighted by Gasteiger charge is -2.35. The van der Waals surface area contributed by atoms with Gasteiger partial charge in [0.25, 0.3) is 5.91 Å². The molecule has 1 saturated heterocycles. The zero-order chi connectivity index (χ0) is 15.2. The molecular formula is C16H26N4O. The Balaban J connectivity index is 2.09. The molecule has 0 atom stereocenters. The average Bonchev–Trinajstić information content (AvgIpc) is 2.56. The molecular weight excluding hydrogens is 264 g/mol. The number of carbonyl (C=O) groups is 1. The minimum Gasteiger partial charge on any atom is -0.369 e. The number of carbonyl (C=O) groups excluding carboxylic acids is 1. The van der Waals surface area contributed by atoms with Crippen LogP contribution >= 0.6 is 0 Å². The van der Waals surface area contributed by atoms with Gasteiger partial charge in [-0.25, -0.2) is 0 Å². The van der Waals surface area contributed by atoms with E-state index in [1.807, 2.05) is 26.0 Å². The standard InChI is InChI=1S/C16H26N4O/c1-4-18-9-11-20(12-10-18)14-7-8-17-15(13-14)16(21)19(5-2)6-3/h7-8,13H,4-6,9-12H2,1-3H3. The predicted molar refractivity (Wildman–Crippen MR) is 85.8 cm³/mol. The highest BCUT2D eigenvalue weighted by Gasteiger charge is 2.19. The van der Waals surface area contributed by atoms with Crippen molar-refractivity contribution in [3.8, 4) is 0 Å². The summed E-state index contributed by atoms with van der Waals surface area (Å²) < 4.78 is 0. The molecule has 0 aromatic carbocycles. The van der Waals surface area contributed by atoms with Crippen LogP contribution in [0.15, 0.2) is 18.3 Å². The van der Waals surface area contributed by atoms with E-state index in [-0.39, 0.29) is 5.91 Å². The summed E-state index contributed by atoms with van der Waals surface area (Å²) in [7, 11) is 0. The van der Waals surface area contributed by atoms with Crippen LogP contribution in [-0.4, -0.2) is 66.5 Å². The van der Waals surface area contributed by atoms with E-state index in [0.717, 1.165) is 51.5 Å². The molecule has 0 spiro atoms. The van der Waals surface area contributed by atoms with E-state index in [1.54, 1.807) is 11.1 Å². The van der Waals surface area contributed by atoms with Crippen molar-refractivity contribution >= 4 is 11.6 Å². The second-order valence-electron chi connectivity index (χ2n) is 5.30. The number of nitrogens with zero attached hydrogens (tertiary/aromatic N) is 4. The number of amides is 1. The number of likely N-dealkylation sites (N-methyl/N-ethyl adjacent to an activating group) is 1. The summed E-state index contributed by atoms with van der Waals surface area (Å²) in [5.41, 5.74) is 1.66. The quantitative estimate of drug-likeness (QED) is 0.827. The van der Waals surface area contributed by atoms with E-state index < -0.39 is 0 Å². The van der Waals surface area contributed by atoms with Gasteiger partial charge < -0.3 is 14.7 Å². The zero-order valence-electron chi connectivity index (χ0n) is 13.4. The highest BCUT2D eigenvalue weighted by Crippen LogP contribution is 2.17. The van der Waals surface area contributed by atoms with Gasteiger partial charge in [0.1, 0.15) is 5.69 Å². The maximum Gasteiger partial charge on any atom is 0.272 e. The summed E-state index contributed by atoms with van der Waals surface area (Å²) in [5, 5.41) is 0. The molecule has 2 rings (SSSR count). The predicted octanol–water partition coefficient (Wildman–Crippen LogP) is 1.71. The van der Waals surface area contributed by atoms with Gasteiger partial charge in [-0.05, 0) is 32.5 Å². The Kier molecular flexibility index (Phi) is 5.56. The summed E-state index contributed by atoms with van der Waals surface area (Å²) in [6.07, 6.45) is 1.75. The topological polar surface area (TPSA) is 39.7 Å². The molecule has 0 bridgehead atoms. The highest BCUT2D eigenvalue weighted by molar-refractivity contribution is 5.93. The fourth-order valence-electron chi connectivity index (χ4n) is 2.73. The first-order valence-corrected chi connectivity index (χ1v) is 7.92. The van der Waals surface area contributed by atoms with Gasteiger partial charge in [-0.15, -0.1) is 0 Å². The van der Waals surface area contributed by atoms with Crippen LogP contribution in [0.2, 0.25) is 0 Å². The Morgan fingerprint density at radius 2 is 1.86 bits per heavy atom. The van der Waals surface area contributed by atoms with E-state index in [1.165, 1.54) is 0 Å². The van der Waals surface area contributed by atoms with Crippen molar-refractivity contribution in [3.63, 3.8) is 0 Å². The molecule has 1 aliphatic rings. The Morgan fingerprint density at radius 1 is 1.19 bits per heavy atom. The molecule has 1 amide bonds. The number of pyridine rings is 1. The van der Waals surface area contributed by atoms with Gasteiger partial charge in [-0.3, -0.25) is 9.78 Å². The van der Waals surface area contributed by atoms with Crippen LogP contribution < -0.4 is 4.90 Å². The van der Waals surface area contributed by atoms with Crippen LogP contribution in [-0.2, 0) is 0 Å². The molecule has 2 heterocycles. The minimum atomic E-state index is 0.0223. The molecule has 0 unspecified atom stereocenters. The number of hydrogen-bond donors (Lipinski definition) is 0. The largest absolute Gasteiger partial charge is 0.369 e. The molecule has 1 aliphatic heterocycles. The fraction of sp³-hybridized carbons (Fsp3) is 0.625. The number of anilines is 1. The van der Waals surface area contributed by atoms with E-state index in [9.17, 15) is 4.79 Å². The van der Waals surface area contributed by atoms with Crippen molar-refractivity contribution in [2.45, 2.75) is 20.8 Å². The lowest BCUT2D eigenvalue weighted by molar-refractivity contribution is 0.0767. The number of aromatic nitrogens is 1. The maximum atomic E-state index is 12.4. The summed E-state index contributed by atoms with van der Waals surface area (Å²) >= 11 is 0.